The SMILES string of the molecule is CC(C)Oc1cccc2c1nc(N)n2CCc1ccsc1. The van der Waals surface area contributed by atoms with Gasteiger partial charge in [0.25, 0.3) is 0 Å². The Kier molecular flexibility index (Phi) is 3.84. The molecule has 0 radical (unpaired) electrons. The molecule has 0 spiro atoms. The van der Waals surface area contributed by atoms with Crippen molar-refractivity contribution in [3.8, 4) is 5.75 Å². The normalized spacial score (nSPS) is 11.4. The number of nitrogen functional groups attached to an aromatic ring is 1. The van der Waals surface area contributed by atoms with Crippen molar-refractivity contribution in [2.75, 3.05) is 5.73 Å². The predicted octanol–water partition coefficient (Wildman–Crippen LogP) is 3.71. The van der Waals surface area contributed by atoms with E-state index in [4.69, 9.17) is 10.5 Å². The molecular formula is C16H19N3OS. The Bertz CT molecular complexity index is 731. The van der Waals surface area contributed by atoms with E-state index in [1.807, 2.05) is 32.0 Å². The van der Waals surface area contributed by atoms with Gasteiger partial charge in [-0.3, -0.25) is 0 Å². The van der Waals surface area contributed by atoms with Crippen molar-refractivity contribution in [3.05, 3.63) is 40.6 Å². The molecule has 3 aromatic rings. The minimum absolute atomic E-state index is 0.118. The van der Waals surface area contributed by atoms with Crippen LogP contribution in [-0.4, -0.2) is 15.7 Å². The molecule has 4 nitrogen and oxygen atoms in total. The van der Waals surface area contributed by atoms with Crippen LogP contribution in [-0.2, 0) is 13.0 Å². The number of ether oxygens (including phenoxy) is 1. The van der Waals surface area contributed by atoms with Gasteiger partial charge in [-0.2, -0.15) is 11.3 Å². The lowest BCUT2D eigenvalue weighted by Crippen LogP contribution is -2.06. The number of aryl methyl sites for hydroxylation is 2. The zero-order valence-corrected chi connectivity index (χ0v) is 13.1. The molecule has 2 N–H and O–H groups in total. The van der Waals surface area contributed by atoms with Gasteiger partial charge in [-0.1, -0.05) is 6.07 Å². The maximum Gasteiger partial charge on any atom is 0.201 e. The molecule has 0 atom stereocenters. The van der Waals surface area contributed by atoms with E-state index in [1.165, 1.54) is 5.56 Å². The van der Waals surface area contributed by atoms with Crippen LogP contribution in [0.5, 0.6) is 5.75 Å². The summed E-state index contributed by atoms with van der Waals surface area (Å²) in [6.07, 6.45) is 1.07. The standard InChI is InChI=1S/C16H19N3OS/c1-11(2)20-14-5-3-4-13-15(14)18-16(17)19(13)8-6-12-7-9-21-10-12/h3-5,7,9-11H,6,8H2,1-2H3,(H2,17,18). The van der Waals surface area contributed by atoms with Gasteiger partial charge in [0.15, 0.2) is 0 Å². The van der Waals surface area contributed by atoms with E-state index in [0.29, 0.717) is 5.95 Å². The third-order valence-corrected chi connectivity index (χ3v) is 4.07. The average Bonchev–Trinajstić information content (AvgIpc) is 3.04. The zero-order valence-electron chi connectivity index (χ0n) is 12.2. The molecule has 0 saturated carbocycles. The lowest BCUT2D eigenvalue weighted by atomic mass is 10.2. The number of nitrogens with two attached hydrogens (primary N) is 1. The summed E-state index contributed by atoms with van der Waals surface area (Å²) in [6, 6.07) is 8.12. The van der Waals surface area contributed by atoms with Gasteiger partial charge < -0.3 is 15.0 Å². The number of imidazole rings is 1. The van der Waals surface area contributed by atoms with Crippen molar-refractivity contribution in [2.45, 2.75) is 32.9 Å². The van der Waals surface area contributed by atoms with Crippen molar-refractivity contribution < 1.29 is 4.74 Å². The lowest BCUT2D eigenvalue weighted by Gasteiger charge is -2.10. The van der Waals surface area contributed by atoms with Gasteiger partial charge in [0.05, 0.1) is 11.6 Å². The average molecular weight is 301 g/mol. The number of thiophene rings is 1. The molecule has 110 valence electrons. The van der Waals surface area contributed by atoms with E-state index in [9.17, 15) is 0 Å². The van der Waals surface area contributed by atoms with E-state index < -0.39 is 0 Å². The largest absolute Gasteiger partial charge is 0.489 e. The van der Waals surface area contributed by atoms with Gasteiger partial charge in [0.2, 0.25) is 5.95 Å². The van der Waals surface area contributed by atoms with Crippen LogP contribution in [0.25, 0.3) is 11.0 Å². The van der Waals surface area contributed by atoms with Crippen LogP contribution in [0.2, 0.25) is 0 Å². The first-order valence-corrected chi connectivity index (χ1v) is 8.02. The van der Waals surface area contributed by atoms with E-state index in [2.05, 4.69) is 26.4 Å². The van der Waals surface area contributed by atoms with Gasteiger partial charge in [0, 0.05) is 6.54 Å². The Balaban J connectivity index is 1.93. The quantitative estimate of drug-likeness (QED) is 0.781. The molecule has 21 heavy (non-hydrogen) atoms. The summed E-state index contributed by atoms with van der Waals surface area (Å²) in [4.78, 5) is 4.48. The van der Waals surface area contributed by atoms with Crippen molar-refractivity contribution in [1.82, 2.24) is 9.55 Å². The third kappa shape index (κ3) is 2.88. The first-order valence-electron chi connectivity index (χ1n) is 7.07. The second-order valence-corrected chi connectivity index (χ2v) is 6.07. The second kappa shape index (κ2) is 5.77. The van der Waals surface area contributed by atoms with E-state index >= 15 is 0 Å². The Labute approximate surface area is 128 Å². The van der Waals surface area contributed by atoms with Crippen LogP contribution in [0.4, 0.5) is 5.95 Å². The third-order valence-electron chi connectivity index (χ3n) is 3.34. The highest BCUT2D eigenvalue weighted by Crippen LogP contribution is 2.28. The molecule has 0 aliphatic rings. The molecule has 2 aromatic heterocycles. The molecule has 0 aliphatic heterocycles. The van der Waals surface area contributed by atoms with Crippen LogP contribution in [0.3, 0.4) is 0 Å². The molecule has 0 fully saturated rings. The van der Waals surface area contributed by atoms with E-state index in [0.717, 1.165) is 29.7 Å². The molecule has 5 heteroatoms. The Morgan fingerprint density at radius 2 is 2.19 bits per heavy atom. The number of nitrogens with zero attached hydrogens (tertiary/aromatic N) is 2. The Morgan fingerprint density at radius 3 is 2.90 bits per heavy atom. The number of anilines is 1. The fourth-order valence-electron chi connectivity index (χ4n) is 2.40. The van der Waals surface area contributed by atoms with Gasteiger partial charge in [-0.15, -0.1) is 0 Å². The topological polar surface area (TPSA) is 53.1 Å². The van der Waals surface area contributed by atoms with E-state index in [-0.39, 0.29) is 6.10 Å². The maximum atomic E-state index is 6.09. The molecule has 1 aromatic carbocycles. The summed E-state index contributed by atoms with van der Waals surface area (Å²) >= 11 is 1.72. The highest BCUT2D eigenvalue weighted by atomic mass is 32.1. The molecule has 0 aliphatic carbocycles. The van der Waals surface area contributed by atoms with Crippen LogP contribution < -0.4 is 10.5 Å². The van der Waals surface area contributed by atoms with Gasteiger partial charge in [0.1, 0.15) is 11.3 Å². The fourth-order valence-corrected chi connectivity index (χ4v) is 3.10. The summed E-state index contributed by atoms with van der Waals surface area (Å²) in [5.41, 5.74) is 9.29. The molecule has 0 unspecified atom stereocenters. The van der Waals surface area contributed by atoms with Crippen molar-refractivity contribution >= 4 is 28.3 Å². The van der Waals surface area contributed by atoms with Gasteiger partial charge >= 0.3 is 0 Å². The minimum atomic E-state index is 0.118. The molecule has 0 bridgehead atoms. The number of benzene rings is 1. The maximum absolute atomic E-state index is 6.09. The fraction of sp³-hybridized carbons (Fsp3) is 0.312. The predicted molar refractivity (Wildman–Crippen MR) is 87.9 cm³/mol. The van der Waals surface area contributed by atoms with Gasteiger partial charge in [-0.25, -0.2) is 4.98 Å². The Morgan fingerprint density at radius 1 is 1.33 bits per heavy atom. The molecule has 0 saturated heterocycles. The lowest BCUT2D eigenvalue weighted by molar-refractivity contribution is 0.245. The number of rotatable bonds is 5. The van der Waals surface area contributed by atoms with Crippen LogP contribution in [0, 0.1) is 0 Å². The summed E-state index contributed by atoms with van der Waals surface area (Å²) in [5.74, 6) is 1.34. The highest BCUT2D eigenvalue weighted by molar-refractivity contribution is 7.07. The zero-order chi connectivity index (χ0) is 14.8. The smallest absolute Gasteiger partial charge is 0.201 e. The molecule has 0 amide bonds. The number of aromatic nitrogens is 2. The number of hydrogen-bond donors (Lipinski definition) is 1. The monoisotopic (exact) mass is 301 g/mol. The first-order chi connectivity index (χ1) is 10.1. The summed E-state index contributed by atoms with van der Waals surface area (Å²) < 4.78 is 7.87. The van der Waals surface area contributed by atoms with E-state index in [1.54, 1.807) is 11.3 Å². The summed E-state index contributed by atoms with van der Waals surface area (Å²) in [6.45, 7) is 4.84. The molecular weight excluding hydrogens is 282 g/mol. The first kappa shape index (κ1) is 13.9. The summed E-state index contributed by atoms with van der Waals surface area (Å²) in [5, 5.41) is 4.27. The van der Waals surface area contributed by atoms with Crippen molar-refractivity contribution in [2.24, 2.45) is 0 Å². The van der Waals surface area contributed by atoms with Crippen LogP contribution >= 0.6 is 11.3 Å². The number of para-hydroxylation sites is 1. The van der Waals surface area contributed by atoms with Crippen LogP contribution in [0.15, 0.2) is 35.0 Å². The number of hydrogen-bond acceptors (Lipinski definition) is 4. The Hall–Kier alpha value is -2.01. The van der Waals surface area contributed by atoms with Gasteiger partial charge in [-0.05, 0) is 54.8 Å². The van der Waals surface area contributed by atoms with Crippen LogP contribution in [0.1, 0.15) is 19.4 Å². The van der Waals surface area contributed by atoms with Crippen molar-refractivity contribution in [3.63, 3.8) is 0 Å². The molecule has 3 rings (SSSR count). The summed E-state index contributed by atoms with van der Waals surface area (Å²) in [7, 11) is 0. The van der Waals surface area contributed by atoms with Crippen molar-refractivity contribution in [1.29, 1.82) is 0 Å². The second-order valence-electron chi connectivity index (χ2n) is 5.29. The number of fused-ring (bicyclic) bond motifs is 1. The molecule has 2 heterocycles. The minimum Gasteiger partial charge on any atom is -0.489 e. The highest BCUT2D eigenvalue weighted by Gasteiger charge is 2.13.